The highest BCUT2D eigenvalue weighted by atomic mass is 15.2. The largest absolute Gasteiger partial charge is 0.350 e. The van der Waals surface area contributed by atoms with Crippen molar-refractivity contribution in [2.24, 2.45) is 0 Å². The number of aromatic nitrogens is 3. The summed E-state index contributed by atoms with van der Waals surface area (Å²) >= 11 is 0. The lowest BCUT2D eigenvalue weighted by Gasteiger charge is -2.28. The van der Waals surface area contributed by atoms with Crippen molar-refractivity contribution >= 4 is 11.8 Å². The molecule has 0 amide bonds. The molecule has 5 nitrogen and oxygen atoms in total. The first-order valence-corrected chi connectivity index (χ1v) is 8.49. The number of pyridine rings is 1. The van der Waals surface area contributed by atoms with Gasteiger partial charge in [0.05, 0.1) is 0 Å². The lowest BCUT2D eigenvalue weighted by Crippen LogP contribution is -2.31. The van der Waals surface area contributed by atoms with Gasteiger partial charge in [-0.25, -0.2) is 4.98 Å². The zero-order valence-electron chi connectivity index (χ0n) is 14.6. The predicted molar refractivity (Wildman–Crippen MR) is 101 cm³/mol. The molecule has 0 saturated carbocycles. The molecule has 0 atom stereocenters. The quantitative estimate of drug-likeness (QED) is 0.711. The van der Waals surface area contributed by atoms with Crippen LogP contribution in [-0.2, 0) is 13.1 Å². The maximum absolute atomic E-state index is 4.69. The third kappa shape index (κ3) is 4.76. The number of anilines is 2. The van der Waals surface area contributed by atoms with Gasteiger partial charge in [0, 0.05) is 37.7 Å². The standard InChI is InChI=1S/C20H23N5/c1-16(2)25(15-17-7-4-3-5-8-17)19-10-12-22-20(24-19)23-14-18-9-6-11-21-13-18/h3-13,16H,14-15H2,1-2H3,(H,22,23,24). The first-order chi connectivity index (χ1) is 12.2. The molecule has 2 aromatic heterocycles. The fourth-order valence-electron chi connectivity index (χ4n) is 2.59. The van der Waals surface area contributed by atoms with Gasteiger partial charge in [-0.2, -0.15) is 4.98 Å². The normalized spacial score (nSPS) is 10.7. The second kappa shape index (κ2) is 8.24. The van der Waals surface area contributed by atoms with Gasteiger partial charge in [0.15, 0.2) is 0 Å². The molecule has 0 aliphatic heterocycles. The van der Waals surface area contributed by atoms with Gasteiger partial charge in [-0.1, -0.05) is 36.4 Å². The summed E-state index contributed by atoms with van der Waals surface area (Å²) in [4.78, 5) is 15.4. The molecular formula is C20H23N5. The molecule has 0 bridgehead atoms. The minimum absolute atomic E-state index is 0.335. The summed E-state index contributed by atoms with van der Waals surface area (Å²) < 4.78 is 0. The number of nitrogens with one attached hydrogen (secondary N) is 1. The van der Waals surface area contributed by atoms with E-state index >= 15 is 0 Å². The van der Waals surface area contributed by atoms with Crippen molar-refractivity contribution in [2.45, 2.75) is 33.0 Å². The highest BCUT2D eigenvalue weighted by Gasteiger charge is 2.13. The summed E-state index contributed by atoms with van der Waals surface area (Å²) in [5.74, 6) is 1.54. The predicted octanol–water partition coefficient (Wildman–Crippen LogP) is 3.90. The molecule has 0 saturated heterocycles. The Morgan fingerprint density at radius 3 is 2.48 bits per heavy atom. The molecule has 5 heteroatoms. The summed E-state index contributed by atoms with van der Waals surface area (Å²) in [6.07, 6.45) is 5.41. The molecule has 0 spiro atoms. The number of hydrogen-bond donors (Lipinski definition) is 1. The molecule has 1 N–H and O–H groups in total. The topological polar surface area (TPSA) is 53.9 Å². The van der Waals surface area contributed by atoms with E-state index in [4.69, 9.17) is 0 Å². The van der Waals surface area contributed by atoms with Crippen molar-refractivity contribution in [3.63, 3.8) is 0 Å². The van der Waals surface area contributed by atoms with Crippen molar-refractivity contribution in [1.29, 1.82) is 0 Å². The van der Waals surface area contributed by atoms with Crippen LogP contribution in [0.5, 0.6) is 0 Å². The SMILES string of the molecule is CC(C)N(Cc1ccccc1)c1ccnc(NCc2cccnc2)n1. The summed E-state index contributed by atoms with van der Waals surface area (Å²) in [7, 11) is 0. The van der Waals surface area contributed by atoms with Crippen LogP contribution in [0, 0.1) is 0 Å². The van der Waals surface area contributed by atoms with Crippen LogP contribution in [-0.4, -0.2) is 21.0 Å². The molecule has 25 heavy (non-hydrogen) atoms. The van der Waals surface area contributed by atoms with Crippen LogP contribution < -0.4 is 10.2 Å². The second-order valence-corrected chi connectivity index (χ2v) is 6.16. The van der Waals surface area contributed by atoms with E-state index in [2.05, 4.69) is 63.3 Å². The van der Waals surface area contributed by atoms with Crippen LogP contribution in [0.2, 0.25) is 0 Å². The molecule has 3 aromatic rings. The zero-order valence-corrected chi connectivity index (χ0v) is 14.6. The minimum atomic E-state index is 0.335. The molecule has 0 radical (unpaired) electrons. The smallest absolute Gasteiger partial charge is 0.224 e. The maximum atomic E-state index is 4.69. The van der Waals surface area contributed by atoms with Crippen LogP contribution in [0.3, 0.4) is 0 Å². The molecule has 0 aliphatic carbocycles. The molecule has 3 rings (SSSR count). The van der Waals surface area contributed by atoms with Crippen LogP contribution in [0.15, 0.2) is 67.1 Å². The fourth-order valence-corrected chi connectivity index (χ4v) is 2.59. The number of benzene rings is 1. The Bertz CT molecular complexity index is 774. The van der Waals surface area contributed by atoms with Crippen molar-refractivity contribution in [2.75, 3.05) is 10.2 Å². The summed E-state index contributed by atoms with van der Waals surface area (Å²) in [5.41, 5.74) is 2.36. The van der Waals surface area contributed by atoms with Crippen molar-refractivity contribution < 1.29 is 0 Å². The van der Waals surface area contributed by atoms with Gasteiger partial charge in [0.2, 0.25) is 5.95 Å². The van der Waals surface area contributed by atoms with E-state index < -0.39 is 0 Å². The first kappa shape index (κ1) is 16.9. The highest BCUT2D eigenvalue weighted by molar-refractivity contribution is 5.44. The van der Waals surface area contributed by atoms with E-state index in [9.17, 15) is 0 Å². The van der Waals surface area contributed by atoms with E-state index in [1.807, 2.05) is 30.5 Å². The average Bonchev–Trinajstić information content (AvgIpc) is 2.66. The number of nitrogens with zero attached hydrogens (tertiary/aromatic N) is 4. The lowest BCUT2D eigenvalue weighted by molar-refractivity contribution is 0.671. The second-order valence-electron chi connectivity index (χ2n) is 6.16. The van der Waals surface area contributed by atoms with E-state index in [0.29, 0.717) is 18.5 Å². The van der Waals surface area contributed by atoms with E-state index in [-0.39, 0.29) is 0 Å². The van der Waals surface area contributed by atoms with Gasteiger partial charge in [0.1, 0.15) is 5.82 Å². The Morgan fingerprint density at radius 2 is 1.76 bits per heavy atom. The Morgan fingerprint density at radius 1 is 0.960 bits per heavy atom. The van der Waals surface area contributed by atoms with Gasteiger partial charge < -0.3 is 10.2 Å². The minimum Gasteiger partial charge on any atom is -0.350 e. The van der Waals surface area contributed by atoms with Crippen molar-refractivity contribution in [3.05, 3.63) is 78.2 Å². The van der Waals surface area contributed by atoms with Crippen molar-refractivity contribution in [3.8, 4) is 0 Å². The van der Waals surface area contributed by atoms with Gasteiger partial charge in [0.25, 0.3) is 0 Å². The molecule has 2 heterocycles. The molecular weight excluding hydrogens is 310 g/mol. The summed E-state index contributed by atoms with van der Waals surface area (Å²) in [6, 6.07) is 16.7. The lowest BCUT2D eigenvalue weighted by atomic mass is 10.2. The molecule has 0 aliphatic rings. The molecule has 0 fully saturated rings. The Balaban J connectivity index is 1.73. The summed E-state index contributed by atoms with van der Waals surface area (Å²) in [6.45, 7) is 5.82. The molecule has 128 valence electrons. The van der Waals surface area contributed by atoms with E-state index in [1.54, 1.807) is 12.4 Å². The maximum Gasteiger partial charge on any atom is 0.224 e. The van der Waals surface area contributed by atoms with E-state index in [1.165, 1.54) is 5.56 Å². The van der Waals surface area contributed by atoms with Crippen LogP contribution in [0.1, 0.15) is 25.0 Å². The van der Waals surface area contributed by atoms with Crippen LogP contribution in [0.25, 0.3) is 0 Å². The Labute approximate surface area is 148 Å². The number of hydrogen-bond acceptors (Lipinski definition) is 5. The van der Waals surface area contributed by atoms with Gasteiger partial charge in [-0.05, 0) is 37.1 Å². The summed E-state index contributed by atoms with van der Waals surface area (Å²) in [5, 5.41) is 3.27. The number of rotatable bonds is 7. The van der Waals surface area contributed by atoms with Crippen LogP contribution >= 0.6 is 0 Å². The highest BCUT2D eigenvalue weighted by Crippen LogP contribution is 2.19. The fraction of sp³-hybridized carbons (Fsp3) is 0.250. The van der Waals surface area contributed by atoms with Gasteiger partial charge >= 0.3 is 0 Å². The Kier molecular flexibility index (Phi) is 5.57. The monoisotopic (exact) mass is 333 g/mol. The van der Waals surface area contributed by atoms with E-state index in [0.717, 1.165) is 17.9 Å². The molecule has 1 aromatic carbocycles. The average molecular weight is 333 g/mol. The van der Waals surface area contributed by atoms with Gasteiger partial charge in [-0.3, -0.25) is 4.98 Å². The van der Waals surface area contributed by atoms with Crippen molar-refractivity contribution in [1.82, 2.24) is 15.0 Å². The first-order valence-electron chi connectivity index (χ1n) is 8.49. The third-order valence-electron chi connectivity index (χ3n) is 3.93. The van der Waals surface area contributed by atoms with Gasteiger partial charge in [-0.15, -0.1) is 0 Å². The molecule has 0 unspecified atom stereocenters. The Hall–Kier alpha value is -2.95. The zero-order chi connectivity index (χ0) is 17.5. The third-order valence-corrected chi connectivity index (χ3v) is 3.93. The van der Waals surface area contributed by atoms with Crippen LogP contribution in [0.4, 0.5) is 11.8 Å².